The highest BCUT2D eigenvalue weighted by atomic mass is 32.1. The molecule has 0 amide bonds. The van der Waals surface area contributed by atoms with Crippen molar-refractivity contribution in [1.29, 1.82) is 0 Å². The minimum Gasteiger partial charge on any atom is -0.385 e. The van der Waals surface area contributed by atoms with Crippen LogP contribution in [0.4, 0.5) is 0 Å². The molecule has 6 heteroatoms. The van der Waals surface area contributed by atoms with Gasteiger partial charge in [0.1, 0.15) is 0 Å². The van der Waals surface area contributed by atoms with Crippen molar-refractivity contribution in [3.05, 3.63) is 95.6 Å². The van der Waals surface area contributed by atoms with Gasteiger partial charge >= 0.3 is 0 Å². The highest BCUT2D eigenvalue weighted by Gasteiger charge is 2.41. The van der Waals surface area contributed by atoms with Crippen LogP contribution in [0.3, 0.4) is 0 Å². The lowest BCUT2D eigenvalue weighted by Crippen LogP contribution is -2.31. The third kappa shape index (κ3) is 3.97. The number of aromatic nitrogens is 2. The molecule has 1 fully saturated rings. The van der Waals surface area contributed by atoms with Crippen LogP contribution in [0.25, 0.3) is 16.5 Å². The maximum Gasteiger partial charge on any atom is 0.170 e. The number of fused-ring (bicyclic) bond motifs is 1. The van der Waals surface area contributed by atoms with E-state index in [-0.39, 0.29) is 12.1 Å². The normalized spacial score (nSPS) is 18.0. The summed E-state index contributed by atoms with van der Waals surface area (Å²) in [6, 6.07) is 23.5. The molecule has 1 aliphatic rings. The summed E-state index contributed by atoms with van der Waals surface area (Å²) in [7, 11) is 1.74. The van der Waals surface area contributed by atoms with E-state index in [4.69, 9.17) is 17.0 Å². The molecule has 0 unspecified atom stereocenters. The molecule has 0 radical (unpaired) electrons. The van der Waals surface area contributed by atoms with Gasteiger partial charge in [0.2, 0.25) is 0 Å². The van der Waals surface area contributed by atoms with E-state index in [2.05, 4.69) is 88.2 Å². The fourth-order valence-electron chi connectivity index (χ4n) is 5.23. The predicted octanol–water partition coefficient (Wildman–Crippen LogP) is 5.65. The molecule has 1 aliphatic heterocycles. The zero-order chi connectivity index (χ0) is 23.7. The van der Waals surface area contributed by atoms with Crippen LogP contribution in [-0.2, 0) is 4.74 Å². The lowest BCUT2D eigenvalue weighted by Gasteiger charge is -2.28. The van der Waals surface area contributed by atoms with Gasteiger partial charge in [-0.05, 0) is 67.7 Å². The highest BCUT2D eigenvalue weighted by molar-refractivity contribution is 7.80. The topological polar surface area (TPSA) is 42.3 Å². The fraction of sp³-hybridized carbons (Fsp3) is 0.286. The van der Waals surface area contributed by atoms with Crippen molar-refractivity contribution in [2.24, 2.45) is 0 Å². The van der Waals surface area contributed by atoms with Gasteiger partial charge in [0, 0.05) is 43.2 Å². The van der Waals surface area contributed by atoms with E-state index >= 15 is 0 Å². The van der Waals surface area contributed by atoms with E-state index in [1.807, 2.05) is 18.3 Å². The SMILES string of the molecule is COCCCN1C(=S)N[C@H](c2ccccn2)[C@H]1c1cc(C)n(-c2cccc3ccccc23)c1C. The molecule has 0 saturated carbocycles. The van der Waals surface area contributed by atoms with E-state index in [9.17, 15) is 0 Å². The van der Waals surface area contributed by atoms with Crippen molar-refractivity contribution < 1.29 is 4.74 Å². The zero-order valence-electron chi connectivity index (χ0n) is 19.9. The quantitative estimate of drug-likeness (QED) is 0.279. The van der Waals surface area contributed by atoms with Crippen LogP contribution in [0.1, 0.15) is 41.1 Å². The van der Waals surface area contributed by atoms with Crippen LogP contribution in [0.5, 0.6) is 0 Å². The number of hydrogen-bond acceptors (Lipinski definition) is 3. The number of benzene rings is 2. The first-order valence-corrected chi connectivity index (χ1v) is 12.1. The smallest absolute Gasteiger partial charge is 0.170 e. The molecule has 2 aromatic heterocycles. The average Bonchev–Trinajstić information content (AvgIpc) is 3.34. The molecule has 5 rings (SSSR count). The molecule has 5 nitrogen and oxygen atoms in total. The highest BCUT2D eigenvalue weighted by Crippen LogP contribution is 2.41. The van der Waals surface area contributed by atoms with Crippen LogP contribution in [0, 0.1) is 13.8 Å². The van der Waals surface area contributed by atoms with Crippen LogP contribution in [0.15, 0.2) is 72.9 Å². The Bertz CT molecular complexity index is 1310. The van der Waals surface area contributed by atoms with Gasteiger partial charge in [-0.15, -0.1) is 0 Å². The second-order valence-corrected chi connectivity index (χ2v) is 9.21. The van der Waals surface area contributed by atoms with Crippen LogP contribution in [-0.4, -0.2) is 39.8 Å². The molecule has 2 aromatic carbocycles. The second-order valence-electron chi connectivity index (χ2n) is 8.83. The van der Waals surface area contributed by atoms with Gasteiger partial charge in [0.15, 0.2) is 5.11 Å². The first-order valence-electron chi connectivity index (χ1n) is 11.7. The molecule has 1 saturated heterocycles. The average molecular weight is 471 g/mol. The summed E-state index contributed by atoms with van der Waals surface area (Å²) in [6.45, 7) is 5.93. The maximum absolute atomic E-state index is 5.82. The van der Waals surface area contributed by atoms with Gasteiger partial charge in [-0.25, -0.2) is 0 Å². The van der Waals surface area contributed by atoms with Crippen molar-refractivity contribution in [3.63, 3.8) is 0 Å². The standard InChI is InChI=1S/C28H30N4OS/c1-19-18-23(20(2)32(19)25-14-8-11-21-10-4-5-12-22(21)25)27-26(24-13-6-7-15-29-24)30-28(34)31(27)16-9-17-33-3/h4-8,10-15,18,26-27H,9,16-17H2,1-3H3,(H,30,34)/t26-,27-/m1/s1. The first kappa shape index (κ1) is 22.6. The van der Waals surface area contributed by atoms with Crippen LogP contribution < -0.4 is 5.32 Å². The molecule has 0 bridgehead atoms. The maximum atomic E-state index is 5.82. The largest absolute Gasteiger partial charge is 0.385 e. The van der Waals surface area contributed by atoms with E-state index in [0.717, 1.165) is 23.8 Å². The molecular formula is C28H30N4OS. The van der Waals surface area contributed by atoms with Crippen molar-refractivity contribution in [2.45, 2.75) is 32.4 Å². The Morgan fingerprint density at radius 3 is 2.62 bits per heavy atom. The van der Waals surface area contributed by atoms with Gasteiger partial charge in [0.05, 0.1) is 23.5 Å². The monoisotopic (exact) mass is 470 g/mol. The summed E-state index contributed by atoms with van der Waals surface area (Å²) >= 11 is 5.82. The molecule has 0 aliphatic carbocycles. The van der Waals surface area contributed by atoms with Gasteiger partial charge < -0.3 is 19.5 Å². The number of ether oxygens (including phenoxy) is 1. The Hall–Kier alpha value is -3.22. The Labute approximate surface area is 206 Å². The third-order valence-corrected chi connectivity index (χ3v) is 7.09. The number of nitrogens with one attached hydrogen (secondary N) is 1. The number of pyridine rings is 1. The second kappa shape index (κ2) is 9.57. The van der Waals surface area contributed by atoms with E-state index < -0.39 is 0 Å². The lowest BCUT2D eigenvalue weighted by molar-refractivity contribution is 0.180. The molecule has 34 heavy (non-hydrogen) atoms. The molecule has 1 N–H and O–H groups in total. The molecule has 3 heterocycles. The number of aryl methyl sites for hydroxylation is 1. The predicted molar refractivity (Wildman–Crippen MR) is 141 cm³/mol. The summed E-state index contributed by atoms with van der Waals surface area (Å²) in [4.78, 5) is 6.99. The summed E-state index contributed by atoms with van der Waals surface area (Å²) in [5.74, 6) is 0. The fourth-order valence-corrected chi connectivity index (χ4v) is 5.56. The Morgan fingerprint density at radius 1 is 1.03 bits per heavy atom. The van der Waals surface area contributed by atoms with E-state index in [1.165, 1.54) is 33.4 Å². The van der Waals surface area contributed by atoms with E-state index in [0.29, 0.717) is 6.61 Å². The van der Waals surface area contributed by atoms with Gasteiger partial charge in [-0.1, -0.05) is 42.5 Å². The number of rotatable bonds is 7. The van der Waals surface area contributed by atoms with Crippen molar-refractivity contribution >= 4 is 28.1 Å². The van der Waals surface area contributed by atoms with E-state index in [1.54, 1.807) is 7.11 Å². The minimum atomic E-state index is -0.0160. The van der Waals surface area contributed by atoms with Crippen molar-refractivity contribution in [2.75, 3.05) is 20.3 Å². The Balaban J connectivity index is 1.63. The van der Waals surface area contributed by atoms with Crippen molar-refractivity contribution in [3.8, 4) is 5.69 Å². The van der Waals surface area contributed by atoms with Gasteiger partial charge in [-0.2, -0.15) is 0 Å². The third-order valence-electron chi connectivity index (χ3n) is 6.74. The van der Waals surface area contributed by atoms with Crippen LogP contribution in [0.2, 0.25) is 0 Å². The molecule has 174 valence electrons. The summed E-state index contributed by atoms with van der Waals surface area (Å²) in [5.41, 5.74) is 5.90. The number of nitrogens with zero attached hydrogens (tertiary/aromatic N) is 3. The lowest BCUT2D eigenvalue weighted by atomic mass is 9.96. The minimum absolute atomic E-state index is 0.0160. The molecule has 2 atom stereocenters. The summed E-state index contributed by atoms with van der Waals surface area (Å²) < 4.78 is 7.71. The van der Waals surface area contributed by atoms with Gasteiger partial charge in [0.25, 0.3) is 0 Å². The number of thiocarbonyl (C=S) groups is 1. The summed E-state index contributed by atoms with van der Waals surface area (Å²) in [6.07, 6.45) is 2.76. The molecule has 4 aromatic rings. The van der Waals surface area contributed by atoms with Gasteiger partial charge in [-0.3, -0.25) is 4.98 Å². The first-order chi connectivity index (χ1) is 16.6. The zero-order valence-corrected chi connectivity index (χ0v) is 20.7. The van der Waals surface area contributed by atoms with Crippen molar-refractivity contribution in [1.82, 2.24) is 19.8 Å². The Kier molecular flexibility index (Phi) is 6.35. The number of hydrogen-bond donors (Lipinski definition) is 1. The number of methoxy groups -OCH3 is 1. The molecule has 0 spiro atoms. The Morgan fingerprint density at radius 2 is 1.82 bits per heavy atom. The molecular weight excluding hydrogens is 440 g/mol. The summed E-state index contributed by atoms with van der Waals surface area (Å²) in [5, 5.41) is 6.82. The van der Waals surface area contributed by atoms with Crippen LogP contribution >= 0.6 is 12.2 Å².